The first-order valence-electron chi connectivity index (χ1n) is 11.4. The van der Waals surface area contributed by atoms with Crippen molar-refractivity contribution < 1.29 is 4.74 Å². The van der Waals surface area contributed by atoms with Crippen LogP contribution in [0.15, 0.2) is 35.3 Å². The molecule has 0 radical (unpaired) electrons. The molecule has 2 unspecified atom stereocenters. The summed E-state index contributed by atoms with van der Waals surface area (Å²) in [5.74, 6) is 1.05. The molecule has 0 amide bonds. The Bertz CT molecular complexity index is 662. The predicted octanol–water partition coefficient (Wildman–Crippen LogP) is 2.02. The van der Waals surface area contributed by atoms with Gasteiger partial charge in [-0.3, -0.25) is 14.8 Å². The molecule has 1 saturated carbocycles. The molecule has 1 N–H and O–H groups in total. The summed E-state index contributed by atoms with van der Waals surface area (Å²) in [6.07, 6.45) is 3.00. The van der Waals surface area contributed by atoms with Gasteiger partial charge in [-0.05, 0) is 31.9 Å². The lowest BCUT2D eigenvalue weighted by Crippen LogP contribution is -2.50. The second-order valence-corrected chi connectivity index (χ2v) is 8.43. The van der Waals surface area contributed by atoms with E-state index in [2.05, 4.69) is 64.2 Å². The Morgan fingerprint density at radius 2 is 2.03 bits per heavy atom. The average molecular weight is 400 g/mol. The van der Waals surface area contributed by atoms with Gasteiger partial charge in [-0.25, -0.2) is 0 Å². The van der Waals surface area contributed by atoms with Crippen molar-refractivity contribution in [2.45, 2.75) is 51.4 Å². The second-order valence-electron chi connectivity index (χ2n) is 8.43. The van der Waals surface area contributed by atoms with Crippen LogP contribution in [0.3, 0.4) is 0 Å². The lowest BCUT2D eigenvalue weighted by atomic mass is 10.1. The molecule has 1 aromatic carbocycles. The van der Waals surface area contributed by atoms with Gasteiger partial charge in [-0.2, -0.15) is 0 Å². The highest BCUT2D eigenvalue weighted by Crippen LogP contribution is 2.26. The van der Waals surface area contributed by atoms with Gasteiger partial charge in [-0.15, -0.1) is 0 Å². The van der Waals surface area contributed by atoms with E-state index in [1.807, 2.05) is 0 Å². The van der Waals surface area contributed by atoms with Gasteiger partial charge < -0.3 is 15.0 Å². The van der Waals surface area contributed by atoms with Gasteiger partial charge in [0, 0.05) is 45.3 Å². The molecule has 29 heavy (non-hydrogen) atoms. The Balaban J connectivity index is 1.37. The third-order valence-corrected chi connectivity index (χ3v) is 6.40. The van der Waals surface area contributed by atoms with E-state index < -0.39 is 0 Å². The van der Waals surface area contributed by atoms with E-state index in [9.17, 15) is 0 Å². The molecule has 0 spiro atoms. The third kappa shape index (κ3) is 5.30. The average Bonchev–Trinajstić information content (AvgIpc) is 3.49. The molecule has 1 aliphatic carbocycles. The van der Waals surface area contributed by atoms with Crippen molar-refractivity contribution in [3.05, 3.63) is 35.9 Å². The number of aliphatic imine (C=N–C) groups is 1. The summed E-state index contributed by atoms with van der Waals surface area (Å²) in [6.45, 7) is 13.1. The third-order valence-electron chi connectivity index (χ3n) is 6.40. The largest absolute Gasteiger partial charge is 0.373 e. The molecular formula is C23H37N5O. The standard InChI is InChI=1S/C23H37N5O/c1-3-24-23(25-12-13-26(4-2)20-10-11-20)28-17-21-22(18-28)29-15-14-27(21)16-19-8-6-5-7-9-19/h5-9,20-22H,3-4,10-18H2,1-2H3,(H,24,25). The number of rotatable bonds is 8. The Morgan fingerprint density at radius 1 is 1.21 bits per heavy atom. The number of hydrogen-bond donors (Lipinski definition) is 1. The number of ether oxygens (including phenoxy) is 1. The minimum absolute atomic E-state index is 0.273. The van der Waals surface area contributed by atoms with Crippen LogP contribution in [-0.2, 0) is 11.3 Å². The van der Waals surface area contributed by atoms with Crippen LogP contribution in [0.2, 0.25) is 0 Å². The predicted molar refractivity (Wildman–Crippen MR) is 118 cm³/mol. The minimum atomic E-state index is 0.273. The molecule has 4 rings (SSSR count). The van der Waals surface area contributed by atoms with E-state index in [0.717, 1.165) is 71.0 Å². The number of benzene rings is 1. The Kier molecular flexibility index (Phi) is 7.06. The maximum absolute atomic E-state index is 6.15. The number of hydrogen-bond acceptors (Lipinski definition) is 4. The molecule has 160 valence electrons. The van der Waals surface area contributed by atoms with Gasteiger partial charge in [-0.1, -0.05) is 37.3 Å². The quantitative estimate of drug-likeness (QED) is 0.535. The van der Waals surface area contributed by atoms with Gasteiger partial charge in [0.1, 0.15) is 0 Å². The van der Waals surface area contributed by atoms with Crippen molar-refractivity contribution in [3.63, 3.8) is 0 Å². The Labute approximate surface area is 175 Å². The molecule has 2 saturated heterocycles. The zero-order chi connectivity index (χ0) is 20.1. The summed E-state index contributed by atoms with van der Waals surface area (Å²) in [5.41, 5.74) is 1.38. The summed E-state index contributed by atoms with van der Waals surface area (Å²) in [5, 5.41) is 3.52. The van der Waals surface area contributed by atoms with Crippen LogP contribution in [-0.4, -0.2) is 91.3 Å². The van der Waals surface area contributed by atoms with E-state index in [1.54, 1.807) is 0 Å². The van der Waals surface area contributed by atoms with Crippen LogP contribution >= 0.6 is 0 Å². The first kappa shape index (κ1) is 20.6. The zero-order valence-electron chi connectivity index (χ0n) is 18.1. The molecule has 0 bridgehead atoms. The first-order chi connectivity index (χ1) is 14.3. The fraction of sp³-hybridized carbons (Fsp3) is 0.696. The molecule has 6 heteroatoms. The highest BCUT2D eigenvalue weighted by Gasteiger charge is 2.41. The van der Waals surface area contributed by atoms with E-state index in [-0.39, 0.29) is 6.10 Å². The second kappa shape index (κ2) is 9.92. The van der Waals surface area contributed by atoms with Crippen molar-refractivity contribution in [2.75, 3.05) is 52.4 Å². The van der Waals surface area contributed by atoms with Gasteiger partial charge in [0.2, 0.25) is 0 Å². The van der Waals surface area contributed by atoms with E-state index >= 15 is 0 Å². The van der Waals surface area contributed by atoms with Gasteiger partial charge >= 0.3 is 0 Å². The van der Waals surface area contributed by atoms with Crippen molar-refractivity contribution in [1.82, 2.24) is 20.0 Å². The van der Waals surface area contributed by atoms with Crippen molar-refractivity contribution in [3.8, 4) is 0 Å². The molecule has 6 nitrogen and oxygen atoms in total. The summed E-state index contributed by atoms with van der Waals surface area (Å²) >= 11 is 0. The van der Waals surface area contributed by atoms with Crippen LogP contribution in [0.1, 0.15) is 32.3 Å². The lowest BCUT2D eigenvalue weighted by Gasteiger charge is -2.36. The fourth-order valence-electron chi connectivity index (χ4n) is 4.69. The number of nitrogens with one attached hydrogen (secondary N) is 1. The fourth-order valence-corrected chi connectivity index (χ4v) is 4.69. The van der Waals surface area contributed by atoms with Crippen molar-refractivity contribution in [2.24, 2.45) is 4.99 Å². The van der Waals surface area contributed by atoms with E-state index in [0.29, 0.717) is 6.04 Å². The maximum Gasteiger partial charge on any atom is 0.194 e. The highest BCUT2D eigenvalue weighted by atomic mass is 16.5. The van der Waals surface area contributed by atoms with Gasteiger partial charge in [0.15, 0.2) is 5.96 Å². The van der Waals surface area contributed by atoms with E-state index in [1.165, 1.54) is 18.4 Å². The van der Waals surface area contributed by atoms with Gasteiger partial charge in [0.05, 0.1) is 25.3 Å². The summed E-state index contributed by atoms with van der Waals surface area (Å²) in [4.78, 5) is 12.6. The number of likely N-dealkylation sites (N-methyl/N-ethyl adjacent to an activating group) is 1. The molecule has 2 heterocycles. The normalized spacial score (nSPS) is 25.5. The molecule has 2 aliphatic heterocycles. The molecule has 3 fully saturated rings. The maximum atomic E-state index is 6.15. The van der Waals surface area contributed by atoms with Gasteiger partial charge in [0.25, 0.3) is 0 Å². The number of guanidine groups is 1. The van der Waals surface area contributed by atoms with E-state index in [4.69, 9.17) is 9.73 Å². The summed E-state index contributed by atoms with van der Waals surface area (Å²) in [6, 6.07) is 12.0. The highest BCUT2D eigenvalue weighted by molar-refractivity contribution is 5.80. The molecule has 0 aromatic heterocycles. The number of fused-ring (bicyclic) bond motifs is 1. The molecule has 3 aliphatic rings. The first-order valence-corrected chi connectivity index (χ1v) is 11.4. The number of nitrogens with zero attached hydrogens (tertiary/aromatic N) is 4. The minimum Gasteiger partial charge on any atom is -0.373 e. The Hall–Kier alpha value is -1.63. The molecule has 2 atom stereocenters. The number of morpholine rings is 1. The van der Waals surface area contributed by atoms with Crippen molar-refractivity contribution >= 4 is 5.96 Å². The zero-order valence-corrected chi connectivity index (χ0v) is 18.1. The van der Waals surface area contributed by atoms with Crippen LogP contribution in [0.25, 0.3) is 0 Å². The summed E-state index contributed by atoms with van der Waals surface area (Å²) in [7, 11) is 0. The van der Waals surface area contributed by atoms with Crippen molar-refractivity contribution in [1.29, 1.82) is 0 Å². The molecule has 1 aromatic rings. The smallest absolute Gasteiger partial charge is 0.194 e. The van der Waals surface area contributed by atoms with Crippen LogP contribution in [0.4, 0.5) is 0 Å². The van der Waals surface area contributed by atoms with Crippen LogP contribution < -0.4 is 5.32 Å². The Morgan fingerprint density at radius 3 is 2.76 bits per heavy atom. The SMILES string of the molecule is CCNC(=NCCN(CC)C1CC1)N1CC2OCCN(Cc3ccccc3)C2C1. The lowest BCUT2D eigenvalue weighted by molar-refractivity contribution is -0.0502. The van der Waals surface area contributed by atoms with Crippen LogP contribution in [0.5, 0.6) is 0 Å². The molecular weight excluding hydrogens is 362 g/mol. The number of likely N-dealkylation sites (tertiary alicyclic amines) is 1. The monoisotopic (exact) mass is 399 g/mol. The topological polar surface area (TPSA) is 43.3 Å². The summed E-state index contributed by atoms with van der Waals surface area (Å²) < 4.78 is 6.15. The van der Waals surface area contributed by atoms with Crippen LogP contribution in [0, 0.1) is 0 Å².